The third-order valence-corrected chi connectivity index (χ3v) is 1.36. The highest BCUT2D eigenvalue weighted by Gasteiger charge is 2.30. The monoisotopic (exact) mass is 214 g/mol. The molecule has 0 aliphatic rings. The highest BCUT2D eigenvalue weighted by molar-refractivity contribution is 5.73. The lowest BCUT2D eigenvalue weighted by atomic mass is 10.2. The lowest BCUT2D eigenvalue weighted by molar-refractivity contribution is -0.274. The summed E-state index contributed by atoms with van der Waals surface area (Å²) in [6, 6.07) is 4.92. The summed E-state index contributed by atoms with van der Waals surface area (Å²) in [4.78, 5) is 9.89. The van der Waals surface area contributed by atoms with Crippen LogP contribution in [-0.2, 0) is 4.79 Å². The second-order valence-corrected chi connectivity index (χ2v) is 2.46. The standard InChI is InChI=1S/C10H5F3O2/c11-10(12,13)15-9-5-3-8(4-6-9)2-1-7-14/h3-7H. The lowest BCUT2D eigenvalue weighted by Crippen LogP contribution is -2.16. The van der Waals surface area contributed by atoms with Crippen LogP contribution in [0.25, 0.3) is 0 Å². The molecule has 5 heteroatoms. The molecule has 0 unspecified atom stereocenters. The number of hydrogen-bond donors (Lipinski definition) is 0. The number of hydrogen-bond acceptors (Lipinski definition) is 2. The first-order valence-corrected chi connectivity index (χ1v) is 3.82. The van der Waals surface area contributed by atoms with E-state index in [1.165, 1.54) is 12.1 Å². The summed E-state index contributed by atoms with van der Waals surface area (Å²) in [5, 5.41) is 0. The van der Waals surface area contributed by atoms with Gasteiger partial charge in [0, 0.05) is 5.56 Å². The minimum absolute atomic E-state index is 0.320. The summed E-state index contributed by atoms with van der Waals surface area (Å²) >= 11 is 0. The first kappa shape index (κ1) is 11.1. The van der Waals surface area contributed by atoms with Gasteiger partial charge in [-0.05, 0) is 30.2 Å². The molecule has 1 aromatic rings. The SMILES string of the molecule is O=CC#Cc1ccc(OC(F)(F)F)cc1. The largest absolute Gasteiger partial charge is 0.573 e. The molecule has 0 saturated heterocycles. The molecule has 0 spiro atoms. The number of alkyl halides is 3. The maximum Gasteiger partial charge on any atom is 0.573 e. The molecule has 2 nitrogen and oxygen atoms in total. The Labute approximate surface area is 83.7 Å². The summed E-state index contributed by atoms with van der Waals surface area (Å²) in [7, 11) is 0. The third kappa shape index (κ3) is 4.18. The number of halogens is 3. The van der Waals surface area contributed by atoms with Crippen molar-refractivity contribution in [2.75, 3.05) is 0 Å². The van der Waals surface area contributed by atoms with Gasteiger partial charge in [-0.15, -0.1) is 13.2 Å². The summed E-state index contributed by atoms with van der Waals surface area (Å²) in [6.07, 6.45) is -4.30. The predicted octanol–water partition coefficient (Wildman–Crippen LogP) is 2.14. The zero-order valence-electron chi connectivity index (χ0n) is 7.34. The number of rotatable bonds is 1. The normalized spacial score (nSPS) is 10.1. The van der Waals surface area contributed by atoms with Gasteiger partial charge in [0.1, 0.15) is 5.75 Å². The van der Waals surface area contributed by atoms with E-state index in [1.807, 2.05) is 0 Å². The Kier molecular flexibility index (Phi) is 3.34. The molecular weight excluding hydrogens is 209 g/mol. The van der Waals surface area contributed by atoms with Crippen LogP contribution in [0.2, 0.25) is 0 Å². The summed E-state index contributed by atoms with van der Waals surface area (Å²) in [5.74, 6) is 4.25. The van der Waals surface area contributed by atoms with Crippen LogP contribution in [0.3, 0.4) is 0 Å². The third-order valence-electron chi connectivity index (χ3n) is 1.36. The van der Waals surface area contributed by atoms with Crippen LogP contribution < -0.4 is 4.74 Å². The minimum Gasteiger partial charge on any atom is -0.406 e. The van der Waals surface area contributed by atoms with Gasteiger partial charge in [0.2, 0.25) is 0 Å². The molecule has 0 aliphatic carbocycles. The van der Waals surface area contributed by atoms with Crippen molar-refractivity contribution in [2.45, 2.75) is 6.36 Å². The highest BCUT2D eigenvalue weighted by Crippen LogP contribution is 2.22. The molecule has 0 N–H and O–H groups in total. The van der Waals surface area contributed by atoms with E-state index in [-0.39, 0.29) is 5.75 Å². The topological polar surface area (TPSA) is 26.3 Å². The van der Waals surface area contributed by atoms with Crippen LogP contribution in [0, 0.1) is 11.8 Å². The van der Waals surface area contributed by atoms with Crippen LogP contribution >= 0.6 is 0 Å². The minimum atomic E-state index is -4.70. The molecule has 15 heavy (non-hydrogen) atoms. The second kappa shape index (κ2) is 4.51. The number of carbonyl (C=O) groups is 1. The molecular formula is C10H5F3O2. The first-order chi connectivity index (χ1) is 7.01. The van der Waals surface area contributed by atoms with Gasteiger partial charge in [0.25, 0.3) is 0 Å². The van der Waals surface area contributed by atoms with Gasteiger partial charge in [-0.3, -0.25) is 4.79 Å². The molecule has 0 saturated carbocycles. The summed E-state index contributed by atoms with van der Waals surface area (Å²) in [6.45, 7) is 0. The Morgan fingerprint density at radius 2 is 1.80 bits per heavy atom. The van der Waals surface area contributed by atoms with Crippen LogP contribution in [0.1, 0.15) is 5.56 Å². The van der Waals surface area contributed by atoms with Crippen LogP contribution in [0.15, 0.2) is 24.3 Å². The maximum atomic E-state index is 11.7. The lowest BCUT2D eigenvalue weighted by Gasteiger charge is -2.07. The first-order valence-electron chi connectivity index (χ1n) is 3.82. The Balaban J connectivity index is 2.77. The fraction of sp³-hybridized carbons (Fsp3) is 0.100. The summed E-state index contributed by atoms with van der Waals surface area (Å²) < 4.78 is 38.9. The van der Waals surface area contributed by atoms with E-state index in [2.05, 4.69) is 16.6 Å². The fourth-order valence-corrected chi connectivity index (χ4v) is 0.853. The molecule has 0 heterocycles. The molecule has 0 aromatic heterocycles. The van der Waals surface area contributed by atoms with E-state index in [0.29, 0.717) is 11.8 Å². The molecule has 0 fully saturated rings. The average Bonchev–Trinajstić information content (AvgIpc) is 2.14. The van der Waals surface area contributed by atoms with Crippen molar-refractivity contribution in [3.63, 3.8) is 0 Å². The van der Waals surface area contributed by atoms with Gasteiger partial charge in [-0.2, -0.15) is 0 Å². The van der Waals surface area contributed by atoms with Gasteiger partial charge in [0.15, 0.2) is 6.29 Å². The van der Waals surface area contributed by atoms with Crippen molar-refractivity contribution in [1.82, 2.24) is 0 Å². The van der Waals surface area contributed by atoms with Gasteiger partial charge < -0.3 is 4.74 Å². The van der Waals surface area contributed by atoms with Crippen LogP contribution in [0.5, 0.6) is 5.75 Å². The average molecular weight is 214 g/mol. The zero-order chi connectivity index (χ0) is 11.3. The zero-order valence-corrected chi connectivity index (χ0v) is 7.34. The fourth-order valence-electron chi connectivity index (χ4n) is 0.853. The Morgan fingerprint density at radius 3 is 2.27 bits per heavy atom. The summed E-state index contributed by atoms with van der Waals surface area (Å²) in [5.41, 5.74) is 0.441. The molecule has 0 bridgehead atoms. The number of carbonyl (C=O) groups excluding carboxylic acids is 1. The van der Waals surface area contributed by atoms with Crippen molar-refractivity contribution in [3.8, 4) is 17.6 Å². The molecule has 1 rings (SSSR count). The van der Waals surface area contributed by atoms with Crippen molar-refractivity contribution in [2.24, 2.45) is 0 Å². The number of aldehydes is 1. The predicted molar refractivity (Wildman–Crippen MR) is 46.1 cm³/mol. The van der Waals surface area contributed by atoms with Crippen LogP contribution in [0.4, 0.5) is 13.2 Å². The Morgan fingerprint density at radius 1 is 1.20 bits per heavy atom. The van der Waals surface area contributed by atoms with E-state index in [1.54, 1.807) is 0 Å². The van der Waals surface area contributed by atoms with E-state index in [0.717, 1.165) is 12.1 Å². The van der Waals surface area contributed by atoms with Gasteiger partial charge >= 0.3 is 6.36 Å². The maximum absolute atomic E-state index is 11.7. The molecule has 0 atom stereocenters. The second-order valence-electron chi connectivity index (χ2n) is 2.46. The van der Waals surface area contributed by atoms with Gasteiger partial charge in [-0.25, -0.2) is 0 Å². The van der Waals surface area contributed by atoms with Gasteiger partial charge in [0.05, 0.1) is 0 Å². The van der Waals surface area contributed by atoms with Crippen molar-refractivity contribution >= 4 is 6.29 Å². The van der Waals surface area contributed by atoms with E-state index in [4.69, 9.17) is 0 Å². The van der Waals surface area contributed by atoms with E-state index >= 15 is 0 Å². The molecule has 1 aromatic carbocycles. The smallest absolute Gasteiger partial charge is 0.406 e. The number of ether oxygens (including phenoxy) is 1. The van der Waals surface area contributed by atoms with E-state index < -0.39 is 6.36 Å². The number of benzene rings is 1. The molecule has 78 valence electrons. The Hall–Kier alpha value is -1.96. The Bertz CT molecular complexity index is 395. The highest BCUT2D eigenvalue weighted by atomic mass is 19.4. The molecule has 0 aliphatic heterocycles. The van der Waals surface area contributed by atoms with Crippen LogP contribution in [-0.4, -0.2) is 12.6 Å². The van der Waals surface area contributed by atoms with Gasteiger partial charge in [-0.1, -0.05) is 5.92 Å². The quantitative estimate of drug-likeness (QED) is 0.528. The molecule has 0 radical (unpaired) electrons. The van der Waals surface area contributed by atoms with Crippen molar-refractivity contribution in [1.29, 1.82) is 0 Å². The van der Waals surface area contributed by atoms with E-state index in [9.17, 15) is 18.0 Å². The van der Waals surface area contributed by atoms with Crippen molar-refractivity contribution in [3.05, 3.63) is 29.8 Å². The molecule has 0 amide bonds. The van der Waals surface area contributed by atoms with Crippen molar-refractivity contribution < 1.29 is 22.7 Å².